The molecule has 2 heteroatoms. The van der Waals surface area contributed by atoms with Crippen LogP contribution in [-0.2, 0) is 0 Å². The fourth-order valence-electron chi connectivity index (χ4n) is 1.37. The van der Waals surface area contributed by atoms with Crippen LogP contribution in [0, 0.1) is 12.8 Å². The maximum atomic E-state index is 4.38. The standard InChI is InChI=1S/C12H20N2/c1-10(2)6-5-9-13-12-8-4-7-11(3)14-12/h4,7-8,10H,5-6,9H2,1-3H3,(H,13,14). The zero-order valence-corrected chi connectivity index (χ0v) is 9.38. The lowest BCUT2D eigenvalue weighted by atomic mass is 10.1. The fraction of sp³-hybridized carbons (Fsp3) is 0.583. The minimum absolute atomic E-state index is 0.794. The Labute approximate surface area is 86.8 Å². The molecule has 0 saturated carbocycles. The van der Waals surface area contributed by atoms with E-state index in [9.17, 15) is 0 Å². The van der Waals surface area contributed by atoms with Crippen molar-refractivity contribution in [1.82, 2.24) is 4.98 Å². The van der Waals surface area contributed by atoms with Crippen LogP contribution >= 0.6 is 0 Å². The van der Waals surface area contributed by atoms with E-state index in [2.05, 4.69) is 24.1 Å². The molecule has 0 fully saturated rings. The molecule has 0 amide bonds. The normalized spacial score (nSPS) is 10.6. The van der Waals surface area contributed by atoms with Crippen molar-refractivity contribution in [2.45, 2.75) is 33.6 Å². The van der Waals surface area contributed by atoms with Crippen LogP contribution in [-0.4, -0.2) is 11.5 Å². The Morgan fingerprint density at radius 3 is 2.79 bits per heavy atom. The van der Waals surface area contributed by atoms with Gasteiger partial charge in [0.05, 0.1) is 0 Å². The molecule has 0 aliphatic rings. The SMILES string of the molecule is Cc1cccc(NCCCC(C)C)n1. The van der Waals surface area contributed by atoms with E-state index in [-0.39, 0.29) is 0 Å². The summed E-state index contributed by atoms with van der Waals surface area (Å²) in [5, 5.41) is 3.33. The Morgan fingerprint density at radius 2 is 2.14 bits per heavy atom. The molecular weight excluding hydrogens is 172 g/mol. The second kappa shape index (κ2) is 5.63. The van der Waals surface area contributed by atoms with Crippen molar-refractivity contribution in [3.63, 3.8) is 0 Å². The van der Waals surface area contributed by atoms with Crippen LogP contribution in [0.1, 0.15) is 32.4 Å². The molecule has 14 heavy (non-hydrogen) atoms. The van der Waals surface area contributed by atoms with E-state index in [1.54, 1.807) is 0 Å². The first kappa shape index (κ1) is 11.0. The molecule has 1 N–H and O–H groups in total. The predicted octanol–water partition coefficient (Wildman–Crippen LogP) is 3.24. The fourth-order valence-corrected chi connectivity index (χ4v) is 1.37. The van der Waals surface area contributed by atoms with Gasteiger partial charge in [0.2, 0.25) is 0 Å². The van der Waals surface area contributed by atoms with Crippen LogP contribution in [0.5, 0.6) is 0 Å². The summed E-state index contributed by atoms with van der Waals surface area (Å²) in [5.74, 6) is 1.79. The van der Waals surface area contributed by atoms with E-state index in [1.807, 2.05) is 25.1 Å². The van der Waals surface area contributed by atoms with Gasteiger partial charge in [0, 0.05) is 12.2 Å². The van der Waals surface area contributed by atoms with Gasteiger partial charge in [-0.3, -0.25) is 0 Å². The second-order valence-electron chi connectivity index (χ2n) is 4.13. The monoisotopic (exact) mass is 192 g/mol. The third kappa shape index (κ3) is 4.26. The minimum Gasteiger partial charge on any atom is -0.370 e. The van der Waals surface area contributed by atoms with E-state index in [0.29, 0.717) is 0 Å². The third-order valence-corrected chi connectivity index (χ3v) is 2.15. The summed E-state index contributed by atoms with van der Waals surface area (Å²) in [6.07, 6.45) is 2.49. The summed E-state index contributed by atoms with van der Waals surface area (Å²) in [6, 6.07) is 6.06. The van der Waals surface area contributed by atoms with Crippen molar-refractivity contribution in [3.8, 4) is 0 Å². The van der Waals surface area contributed by atoms with Crippen molar-refractivity contribution in [2.24, 2.45) is 5.92 Å². The maximum Gasteiger partial charge on any atom is 0.126 e. The van der Waals surface area contributed by atoms with Crippen LogP contribution in [0.25, 0.3) is 0 Å². The van der Waals surface area contributed by atoms with Crippen molar-refractivity contribution < 1.29 is 0 Å². The van der Waals surface area contributed by atoms with Crippen LogP contribution in [0.15, 0.2) is 18.2 Å². The van der Waals surface area contributed by atoms with Crippen molar-refractivity contribution >= 4 is 5.82 Å². The lowest BCUT2D eigenvalue weighted by Gasteiger charge is -2.07. The average molecular weight is 192 g/mol. The molecule has 0 radical (unpaired) electrons. The Hall–Kier alpha value is -1.05. The van der Waals surface area contributed by atoms with E-state index in [4.69, 9.17) is 0 Å². The number of anilines is 1. The van der Waals surface area contributed by atoms with Crippen molar-refractivity contribution in [3.05, 3.63) is 23.9 Å². The average Bonchev–Trinajstić information content (AvgIpc) is 2.12. The zero-order valence-electron chi connectivity index (χ0n) is 9.38. The summed E-state index contributed by atoms with van der Waals surface area (Å²) < 4.78 is 0. The summed E-state index contributed by atoms with van der Waals surface area (Å²) >= 11 is 0. The Bertz CT molecular complexity index is 269. The number of nitrogens with zero attached hydrogens (tertiary/aromatic N) is 1. The molecule has 2 nitrogen and oxygen atoms in total. The molecular formula is C12H20N2. The largest absolute Gasteiger partial charge is 0.370 e. The van der Waals surface area contributed by atoms with Gasteiger partial charge in [-0.2, -0.15) is 0 Å². The predicted molar refractivity (Wildman–Crippen MR) is 61.5 cm³/mol. The molecule has 0 bridgehead atoms. The van der Waals surface area contributed by atoms with Crippen molar-refractivity contribution in [1.29, 1.82) is 0 Å². The highest BCUT2D eigenvalue weighted by atomic mass is 15.0. The topological polar surface area (TPSA) is 24.9 Å². The summed E-state index contributed by atoms with van der Waals surface area (Å²) in [5.41, 5.74) is 1.07. The highest BCUT2D eigenvalue weighted by Crippen LogP contribution is 2.06. The molecule has 1 rings (SSSR count). The molecule has 0 spiro atoms. The molecule has 0 saturated heterocycles. The minimum atomic E-state index is 0.794. The zero-order chi connectivity index (χ0) is 10.4. The van der Waals surface area contributed by atoms with Gasteiger partial charge in [0.15, 0.2) is 0 Å². The van der Waals surface area contributed by atoms with E-state index in [0.717, 1.165) is 24.0 Å². The van der Waals surface area contributed by atoms with Crippen LogP contribution in [0.2, 0.25) is 0 Å². The lowest BCUT2D eigenvalue weighted by molar-refractivity contribution is 0.566. The van der Waals surface area contributed by atoms with Gasteiger partial charge in [0.25, 0.3) is 0 Å². The second-order valence-corrected chi connectivity index (χ2v) is 4.13. The van der Waals surface area contributed by atoms with Crippen molar-refractivity contribution in [2.75, 3.05) is 11.9 Å². The summed E-state index contributed by atoms with van der Waals surface area (Å²) in [7, 11) is 0. The Kier molecular flexibility index (Phi) is 4.44. The Balaban J connectivity index is 2.25. The molecule has 0 aromatic carbocycles. The van der Waals surface area contributed by atoms with Gasteiger partial charge in [-0.1, -0.05) is 19.9 Å². The van der Waals surface area contributed by atoms with Gasteiger partial charge in [0.1, 0.15) is 5.82 Å². The molecule has 0 atom stereocenters. The molecule has 1 aromatic heterocycles. The van der Waals surface area contributed by atoms with E-state index < -0.39 is 0 Å². The number of aryl methyl sites for hydroxylation is 1. The quantitative estimate of drug-likeness (QED) is 0.724. The molecule has 1 aromatic rings. The highest BCUT2D eigenvalue weighted by Gasteiger charge is 1.95. The first-order valence-corrected chi connectivity index (χ1v) is 5.36. The molecule has 0 aliphatic heterocycles. The van der Waals surface area contributed by atoms with E-state index >= 15 is 0 Å². The first-order valence-electron chi connectivity index (χ1n) is 5.36. The number of nitrogens with one attached hydrogen (secondary N) is 1. The number of aromatic nitrogens is 1. The van der Waals surface area contributed by atoms with Gasteiger partial charge < -0.3 is 5.32 Å². The number of hydrogen-bond acceptors (Lipinski definition) is 2. The smallest absolute Gasteiger partial charge is 0.126 e. The number of hydrogen-bond donors (Lipinski definition) is 1. The van der Waals surface area contributed by atoms with Gasteiger partial charge in [-0.05, 0) is 37.8 Å². The summed E-state index contributed by atoms with van der Waals surface area (Å²) in [6.45, 7) is 7.55. The van der Waals surface area contributed by atoms with Crippen LogP contribution in [0.3, 0.4) is 0 Å². The Morgan fingerprint density at radius 1 is 1.36 bits per heavy atom. The highest BCUT2D eigenvalue weighted by molar-refractivity contribution is 5.34. The van der Waals surface area contributed by atoms with Crippen LogP contribution < -0.4 is 5.32 Å². The van der Waals surface area contributed by atoms with Gasteiger partial charge in [-0.15, -0.1) is 0 Å². The molecule has 78 valence electrons. The van der Waals surface area contributed by atoms with Gasteiger partial charge in [-0.25, -0.2) is 4.98 Å². The maximum absolute atomic E-state index is 4.38. The number of rotatable bonds is 5. The van der Waals surface area contributed by atoms with Gasteiger partial charge >= 0.3 is 0 Å². The third-order valence-electron chi connectivity index (χ3n) is 2.15. The number of pyridine rings is 1. The molecule has 1 heterocycles. The lowest BCUT2D eigenvalue weighted by Crippen LogP contribution is -2.04. The first-order chi connectivity index (χ1) is 6.68. The van der Waals surface area contributed by atoms with E-state index in [1.165, 1.54) is 12.8 Å². The molecule has 0 unspecified atom stereocenters. The van der Waals surface area contributed by atoms with Crippen LogP contribution in [0.4, 0.5) is 5.82 Å². The summed E-state index contributed by atoms with van der Waals surface area (Å²) in [4.78, 5) is 4.38. The molecule has 0 aliphatic carbocycles.